The average molecular weight is 295 g/mol. The molecule has 0 bridgehead atoms. The zero-order chi connectivity index (χ0) is 13.9. The Labute approximate surface area is 95.7 Å². The topological polar surface area (TPSA) is 9.23 Å². The third kappa shape index (κ3) is 3.34. The fraction of sp³-hybridized carbons (Fsp3) is 1.00. The van der Waals surface area contributed by atoms with Crippen LogP contribution < -0.4 is 0 Å². The fourth-order valence-corrected chi connectivity index (χ4v) is 0.836. The molecule has 0 aromatic heterocycles. The van der Waals surface area contributed by atoms with E-state index < -0.39 is 37.4 Å². The average Bonchev–Trinajstić information content (AvgIpc) is 2.17. The van der Waals surface area contributed by atoms with Gasteiger partial charge in [-0.15, -0.1) is 11.6 Å². The molecule has 0 saturated carbocycles. The second-order valence-corrected chi connectivity index (χ2v) is 3.32. The summed E-state index contributed by atoms with van der Waals surface area (Å²) in [5.74, 6) is -18.1. The van der Waals surface area contributed by atoms with Crippen LogP contribution in [0.2, 0.25) is 0 Å². The minimum atomic E-state index is -6.22. The number of rotatable bonds is 7. The third-order valence-electron chi connectivity index (χ3n) is 1.66. The molecule has 17 heavy (non-hydrogen) atoms. The summed E-state index contributed by atoms with van der Waals surface area (Å²) in [6.07, 6.45) is -4.92. The first-order chi connectivity index (χ1) is 7.50. The standard InChI is InChI=1S/C7H7ClF8O/c8-1-2-17-3-5(11,12)7(15,16)6(13,14)4(9)10/h4H,1-3H2. The Kier molecular flexibility index (Phi) is 5.45. The Bertz CT molecular complexity index is 244. The minimum absolute atomic E-state index is 0.340. The van der Waals surface area contributed by atoms with Crippen molar-refractivity contribution in [1.29, 1.82) is 0 Å². The van der Waals surface area contributed by atoms with E-state index in [9.17, 15) is 35.1 Å². The molecule has 0 heterocycles. The van der Waals surface area contributed by atoms with Crippen molar-refractivity contribution in [2.45, 2.75) is 24.2 Å². The maximum Gasteiger partial charge on any atom is 0.380 e. The first kappa shape index (κ1) is 16.7. The van der Waals surface area contributed by atoms with E-state index in [-0.39, 0.29) is 5.88 Å². The van der Waals surface area contributed by atoms with Gasteiger partial charge in [0.05, 0.1) is 6.61 Å². The number of halogens is 9. The fourth-order valence-electron chi connectivity index (χ4n) is 0.726. The van der Waals surface area contributed by atoms with Gasteiger partial charge in [0.15, 0.2) is 0 Å². The monoisotopic (exact) mass is 294 g/mol. The first-order valence-electron chi connectivity index (χ1n) is 4.06. The summed E-state index contributed by atoms with van der Waals surface area (Å²) in [5.41, 5.74) is 0. The van der Waals surface area contributed by atoms with Crippen molar-refractivity contribution in [3.63, 3.8) is 0 Å². The molecule has 0 unspecified atom stereocenters. The predicted octanol–water partition coefficient (Wildman–Crippen LogP) is 3.41. The zero-order valence-electron chi connectivity index (χ0n) is 8.01. The van der Waals surface area contributed by atoms with Crippen LogP contribution in [0.4, 0.5) is 35.1 Å². The summed E-state index contributed by atoms with van der Waals surface area (Å²) in [6.45, 7) is -2.73. The van der Waals surface area contributed by atoms with Crippen molar-refractivity contribution in [3.05, 3.63) is 0 Å². The van der Waals surface area contributed by atoms with Gasteiger partial charge in [-0.05, 0) is 0 Å². The zero-order valence-corrected chi connectivity index (χ0v) is 8.76. The van der Waals surface area contributed by atoms with Gasteiger partial charge in [-0.3, -0.25) is 0 Å². The lowest BCUT2D eigenvalue weighted by Crippen LogP contribution is -2.59. The molecule has 0 aliphatic heterocycles. The number of hydrogen-bond donors (Lipinski definition) is 0. The molecule has 0 rings (SSSR count). The lowest BCUT2D eigenvalue weighted by molar-refractivity contribution is -0.345. The van der Waals surface area contributed by atoms with Gasteiger partial charge in [0, 0.05) is 5.88 Å². The van der Waals surface area contributed by atoms with Crippen LogP contribution in [0.5, 0.6) is 0 Å². The van der Waals surface area contributed by atoms with Gasteiger partial charge in [-0.25, -0.2) is 8.78 Å². The molecule has 0 spiro atoms. The SMILES string of the molecule is FC(F)C(F)(F)C(F)(F)C(F)(F)COCCCl. The molecule has 0 atom stereocenters. The molecule has 104 valence electrons. The quantitative estimate of drug-likeness (QED) is 0.397. The molecule has 0 amide bonds. The number of hydrogen-bond acceptors (Lipinski definition) is 1. The van der Waals surface area contributed by atoms with E-state index in [4.69, 9.17) is 11.6 Å². The maximum absolute atomic E-state index is 12.6. The Morgan fingerprint density at radius 2 is 1.47 bits per heavy atom. The maximum atomic E-state index is 12.6. The van der Waals surface area contributed by atoms with Gasteiger partial charge in [0.25, 0.3) is 0 Å². The molecule has 1 nitrogen and oxygen atoms in total. The van der Waals surface area contributed by atoms with Crippen LogP contribution >= 0.6 is 11.6 Å². The summed E-state index contributed by atoms with van der Waals surface area (Å²) in [5, 5.41) is 0. The highest BCUT2D eigenvalue weighted by molar-refractivity contribution is 6.17. The van der Waals surface area contributed by atoms with Gasteiger partial charge >= 0.3 is 24.2 Å². The van der Waals surface area contributed by atoms with Gasteiger partial charge in [0.1, 0.15) is 6.61 Å². The summed E-state index contributed by atoms with van der Waals surface area (Å²) in [4.78, 5) is 0. The van der Waals surface area contributed by atoms with E-state index in [0.717, 1.165) is 0 Å². The predicted molar refractivity (Wildman–Crippen MR) is 42.4 cm³/mol. The molecule has 0 aliphatic carbocycles. The molecule has 0 aromatic carbocycles. The van der Waals surface area contributed by atoms with Crippen molar-refractivity contribution < 1.29 is 39.9 Å². The van der Waals surface area contributed by atoms with E-state index in [0.29, 0.717) is 0 Å². The van der Waals surface area contributed by atoms with E-state index in [2.05, 4.69) is 4.74 Å². The molecule has 10 heteroatoms. The molecule has 0 radical (unpaired) electrons. The van der Waals surface area contributed by atoms with Crippen LogP contribution in [-0.4, -0.2) is 43.3 Å². The molecule has 0 saturated heterocycles. The summed E-state index contributed by atoms with van der Waals surface area (Å²) in [6, 6.07) is 0. The van der Waals surface area contributed by atoms with E-state index in [1.807, 2.05) is 0 Å². The van der Waals surface area contributed by atoms with E-state index in [1.165, 1.54) is 0 Å². The van der Waals surface area contributed by atoms with Crippen molar-refractivity contribution in [1.82, 2.24) is 0 Å². The van der Waals surface area contributed by atoms with E-state index >= 15 is 0 Å². The highest BCUT2D eigenvalue weighted by Gasteiger charge is 2.75. The Morgan fingerprint density at radius 1 is 1.00 bits per heavy atom. The molecule has 0 N–H and O–H groups in total. The van der Waals surface area contributed by atoms with Crippen molar-refractivity contribution in [2.24, 2.45) is 0 Å². The molecule has 0 fully saturated rings. The van der Waals surface area contributed by atoms with Gasteiger partial charge in [-0.2, -0.15) is 26.3 Å². The van der Waals surface area contributed by atoms with Gasteiger partial charge in [-0.1, -0.05) is 0 Å². The van der Waals surface area contributed by atoms with Crippen LogP contribution in [0.25, 0.3) is 0 Å². The van der Waals surface area contributed by atoms with Crippen molar-refractivity contribution in [2.75, 3.05) is 19.1 Å². The van der Waals surface area contributed by atoms with Gasteiger partial charge in [0.2, 0.25) is 0 Å². The Morgan fingerprint density at radius 3 is 1.82 bits per heavy atom. The second kappa shape index (κ2) is 5.55. The molecule has 0 aromatic rings. The summed E-state index contributed by atoms with van der Waals surface area (Å²) < 4.78 is 102. The minimum Gasteiger partial charge on any atom is -0.374 e. The van der Waals surface area contributed by atoms with Gasteiger partial charge < -0.3 is 4.74 Å². The molecule has 0 aliphatic rings. The number of alkyl halides is 9. The molecular weight excluding hydrogens is 288 g/mol. The lowest BCUT2D eigenvalue weighted by atomic mass is 10.1. The van der Waals surface area contributed by atoms with Crippen LogP contribution in [-0.2, 0) is 4.74 Å². The van der Waals surface area contributed by atoms with Crippen molar-refractivity contribution >= 4 is 11.6 Å². The Hall–Kier alpha value is -0.310. The van der Waals surface area contributed by atoms with Crippen molar-refractivity contribution in [3.8, 4) is 0 Å². The van der Waals surface area contributed by atoms with Crippen LogP contribution in [0.1, 0.15) is 0 Å². The van der Waals surface area contributed by atoms with Crippen LogP contribution in [0, 0.1) is 0 Å². The smallest absolute Gasteiger partial charge is 0.374 e. The lowest BCUT2D eigenvalue weighted by Gasteiger charge is -2.31. The first-order valence-corrected chi connectivity index (χ1v) is 4.59. The van der Waals surface area contributed by atoms with E-state index in [1.54, 1.807) is 0 Å². The summed E-state index contributed by atoms with van der Waals surface area (Å²) in [7, 11) is 0. The Balaban J connectivity index is 4.88. The highest BCUT2D eigenvalue weighted by Crippen LogP contribution is 2.48. The largest absolute Gasteiger partial charge is 0.380 e. The van der Waals surface area contributed by atoms with Crippen LogP contribution in [0.3, 0.4) is 0 Å². The molecular formula is C7H7ClF8O. The highest BCUT2D eigenvalue weighted by atomic mass is 35.5. The second-order valence-electron chi connectivity index (χ2n) is 2.94. The van der Waals surface area contributed by atoms with Crippen LogP contribution in [0.15, 0.2) is 0 Å². The summed E-state index contributed by atoms with van der Waals surface area (Å²) >= 11 is 4.96. The normalized spacial score (nSPS) is 14.5. The third-order valence-corrected chi connectivity index (χ3v) is 1.81. The number of ether oxygens (including phenoxy) is 1.